The van der Waals surface area contributed by atoms with Gasteiger partial charge < -0.3 is 4.43 Å². The fraction of sp³-hybridized carbons (Fsp3) is 0.200. The predicted molar refractivity (Wildman–Crippen MR) is 75.8 cm³/mol. The molecule has 0 amide bonds. The zero-order valence-electron chi connectivity index (χ0n) is 11.8. The molecule has 0 saturated heterocycles. The van der Waals surface area contributed by atoms with E-state index in [0.717, 1.165) is 5.19 Å². The highest BCUT2D eigenvalue weighted by Crippen LogP contribution is 2.27. The third-order valence-corrected chi connectivity index (χ3v) is 6.25. The Kier molecular flexibility index (Phi) is 4.20. The van der Waals surface area contributed by atoms with Crippen molar-refractivity contribution in [2.75, 3.05) is 7.11 Å². The molecule has 1 nitrogen and oxygen atoms in total. The number of hydrogen-bond acceptors (Lipinski definition) is 1. The minimum atomic E-state index is -2.02. The highest BCUT2D eigenvalue weighted by molar-refractivity contribution is 6.84. The predicted octanol–water partition coefficient (Wildman–Crippen LogP) is 3.97. The molecule has 21 heavy (non-hydrogen) atoms. The molecule has 0 radical (unpaired) electrons. The molecule has 2 rings (SSSR count). The van der Waals surface area contributed by atoms with E-state index in [4.69, 9.17) is 4.43 Å². The molecular weight excluding hydrogens is 300 g/mol. The van der Waals surface area contributed by atoms with Gasteiger partial charge in [-0.1, -0.05) is 24.3 Å². The third kappa shape index (κ3) is 2.86. The van der Waals surface area contributed by atoms with Crippen molar-refractivity contribution in [3.05, 3.63) is 53.6 Å². The highest BCUT2D eigenvalue weighted by Gasteiger charge is 2.24. The van der Waals surface area contributed by atoms with Gasteiger partial charge in [-0.2, -0.15) is 0 Å². The van der Waals surface area contributed by atoms with E-state index in [2.05, 4.69) is 0 Å². The standard InChI is InChI=1S/C15H14F4OSi/c1-20-21(2,3)10-6-4-9(5-7-10)11-8-12(16)14(18)15(19)13(11)17/h4-8H,1-3H3. The Hall–Kier alpha value is -1.66. The molecule has 0 heterocycles. The first-order valence-electron chi connectivity index (χ1n) is 6.27. The van der Waals surface area contributed by atoms with Crippen LogP contribution in [0.15, 0.2) is 30.3 Å². The van der Waals surface area contributed by atoms with Crippen molar-refractivity contribution in [2.24, 2.45) is 0 Å². The highest BCUT2D eigenvalue weighted by atomic mass is 28.4. The molecule has 0 saturated carbocycles. The summed E-state index contributed by atoms with van der Waals surface area (Å²) in [5.74, 6) is -6.43. The molecule has 2 aromatic carbocycles. The van der Waals surface area contributed by atoms with Crippen molar-refractivity contribution in [1.82, 2.24) is 0 Å². The van der Waals surface area contributed by atoms with Gasteiger partial charge in [0, 0.05) is 12.7 Å². The lowest BCUT2D eigenvalue weighted by molar-refractivity contribution is 0.411. The largest absolute Gasteiger partial charge is 0.416 e. The first-order valence-corrected chi connectivity index (χ1v) is 9.18. The van der Waals surface area contributed by atoms with E-state index in [0.29, 0.717) is 6.07 Å². The maximum absolute atomic E-state index is 13.7. The Morgan fingerprint density at radius 3 is 1.95 bits per heavy atom. The molecule has 0 unspecified atom stereocenters. The van der Waals surface area contributed by atoms with Gasteiger partial charge in [-0.05, 0) is 29.9 Å². The van der Waals surface area contributed by atoms with Crippen molar-refractivity contribution in [2.45, 2.75) is 13.1 Å². The Morgan fingerprint density at radius 2 is 1.43 bits per heavy atom. The van der Waals surface area contributed by atoms with Crippen LogP contribution >= 0.6 is 0 Å². The van der Waals surface area contributed by atoms with E-state index in [-0.39, 0.29) is 11.1 Å². The fourth-order valence-electron chi connectivity index (χ4n) is 1.95. The number of rotatable bonds is 3. The fourth-order valence-corrected chi connectivity index (χ4v) is 3.16. The van der Waals surface area contributed by atoms with E-state index < -0.39 is 31.6 Å². The summed E-state index contributed by atoms with van der Waals surface area (Å²) in [6.07, 6.45) is 0. The van der Waals surface area contributed by atoms with Crippen LogP contribution in [0, 0.1) is 23.3 Å². The normalized spacial score (nSPS) is 11.8. The second kappa shape index (κ2) is 5.61. The summed E-state index contributed by atoms with van der Waals surface area (Å²) in [5, 5.41) is 0.956. The van der Waals surface area contributed by atoms with Crippen LogP contribution in [0.1, 0.15) is 0 Å². The van der Waals surface area contributed by atoms with Crippen molar-refractivity contribution in [3.63, 3.8) is 0 Å². The molecule has 0 aromatic heterocycles. The van der Waals surface area contributed by atoms with Gasteiger partial charge in [-0.3, -0.25) is 0 Å². The molecular formula is C15H14F4OSi. The number of hydrogen-bond donors (Lipinski definition) is 0. The summed E-state index contributed by atoms with van der Waals surface area (Å²) in [4.78, 5) is 0. The van der Waals surface area contributed by atoms with E-state index in [1.54, 1.807) is 19.2 Å². The second-order valence-electron chi connectivity index (χ2n) is 5.14. The summed E-state index contributed by atoms with van der Waals surface area (Å²) in [7, 11) is -0.408. The van der Waals surface area contributed by atoms with E-state index in [1.165, 1.54) is 12.1 Å². The summed E-state index contributed by atoms with van der Waals surface area (Å²) in [6, 6.07) is 7.19. The number of halogens is 4. The second-order valence-corrected chi connectivity index (χ2v) is 9.15. The molecule has 112 valence electrons. The van der Waals surface area contributed by atoms with Crippen LogP contribution in [0.4, 0.5) is 17.6 Å². The molecule has 0 aliphatic heterocycles. The summed E-state index contributed by atoms with van der Waals surface area (Å²) in [5.41, 5.74) is -0.0372. The molecule has 0 bridgehead atoms. The molecule has 2 aromatic rings. The van der Waals surface area contributed by atoms with Gasteiger partial charge in [0.25, 0.3) is 0 Å². The van der Waals surface area contributed by atoms with Gasteiger partial charge in [-0.15, -0.1) is 0 Å². The zero-order chi connectivity index (χ0) is 15.8. The summed E-state index contributed by atoms with van der Waals surface area (Å²) in [6.45, 7) is 3.97. The lowest BCUT2D eigenvalue weighted by Crippen LogP contribution is -2.43. The average molecular weight is 314 g/mol. The molecule has 0 spiro atoms. The van der Waals surface area contributed by atoms with Gasteiger partial charge in [0.15, 0.2) is 23.3 Å². The molecule has 0 aliphatic carbocycles. The summed E-state index contributed by atoms with van der Waals surface area (Å²) >= 11 is 0. The van der Waals surface area contributed by atoms with Gasteiger partial charge >= 0.3 is 0 Å². The van der Waals surface area contributed by atoms with Crippen LogP contribution in [-0.2, 0) is 4.43 Å². The monoisotopic (exact) mass is 314 g/mol. The Labute approximate surface area is 121 Å². The lowest BCUT2D eigenvalue weighted by Gasteiger charge is -2.20. The SMILES string of the molecule is CO[Si](C)(C)c1ccc(-c2cc(F)c(F)c(F)c2F)cc1. The quantitative estimate of drug-likeness (QED) is 0.360. The van der Waals surface area contributed by atoms with Crippen LogP contribution in [0.25, 0.3) is 11.1 Å². The van der Waals surface area contributed by atoms with E-state index in [9.17, 15) is 17.6 Å². The molecule has 0 N–H and O–H groups in total. The van der Waals surface area contributed by atoms with Crippen molar-refractivity contribution >= 4 is 13.5 Å². The first-order chi connectivity index (χ1) is 9.77. The third-order valence-electron chi connectivity index (χ3n) is 3.50. The van der Waals surface area contributed by atoms with Gasteiger partial charge in [-0.25, -0.2) is 17.6 Å². The Balaban J connectivity index is 2.50. The van der Waals surface area contributed by atoms with Gasteiger partial charge in [0.05, 0.1) is 0 Å². The minimum absolute atomic E-state index is 0.273. The average Bonchev–Trinajstić information content (AvgIpc) is 2.49. The smallest absolute Gasteiger partial charge is 0.217 e. The van der Waals surface area contributed by atoms with E-state index in [1.807, 2.05) is 13.1 Å². The molecule has 0 aliphatic rings. The molecule has 0 fully saturated rings. The maximum atomic E-state index is 13.7. The van der Waals surface area contributed by atoms with Gasteiger partial charge in [0.1, 0.15) is 0 Å². The van der Waals surface area contributed by atoms with Crippen LogP contribution in [0.5, 0.6) is 0 Å². The van der Waals surface area contributed by atoms with Crippen LogP contribution < -0.4 is 5.19 Å². The van der Waals surface area contributed by atoms with E-state index >= 15 is 0 Å². The van der Waals surface area contributed by atoms with Crippen molar-refractivity contribution in [3.8, 4) is 11.1 Å². The summed E-state index contributed by atoms with van der Waals surface area (Å²) < 4.78 is 58.6. The molecule has 6 heteroatoms. The number of benzene rings is 2. The molecule has 0 atom stereocenters. The van der Waals surface area contributed by atoms with Gasteiger partial charge in [0.2, 0.25) is 8.32 Å². The van der Waals surface area contributed by atoms with Crippen molar-refractivity contribution in [1.29, 1.82) is 0 Å². The van der Waals surface area contributed by atoms with Crippen molar-refractivity contribution < 1.29 is 22.0 Å². The Morgan fingerprint density at radius 1 is 0.857 bits per heavy atom. The van der Waals surface area contributed by atoms with Crippen LogP contribution in [0.3, 0.4) is 0 Å². The lowest BCUT2D eigenvalue weighted by atomic mass is 10.0. The van der Waals surface area contributed by atoms with Crippen LogP contribution in [-0.4, -0.2) is 15.4 Å². The van der Waals surface area contributed by atoms with Crippen LogP contribution in [0.2, 0.25) is 13.1 Å². The topological polar surface area (TPSA) is 9.23 Å². The minimum Gasteiger partial charge on any atom is -0.416 e. The first kappa shape index (κ1) is 15.7. The zero-order valence-corrected chi connectivity index (χ0v) is 12.8. The Bertz CT molecular complexity index is 668. The maximum Gasteiger partial charge on any atom is 0.217 e.